The molecule has 0 aromatic rings. The van der Waals surface area contributed by atoms with Crippen LogP contribution in [0.4, 0.5) is 0 Å². The molecule has 302 valence electrons. The van der Waals surface area contributed by atoms with Gasteiger partial charge in [0.05, 0.1) is 0 Å². The number of rotatable bonds is 39. The summed E-state index contributed by atoms with van der Waals surface area (Å²) in [5.74, 6) is 0.778. The van der Waals surface area contributed by atoms with Crippen LogP contribution in [0, 0.1) is 11.8 Å². The number of esters is 3. The second-order valence-electron chi connectivity index (χ2n) is 16.1. The van der Waals surface area contributed by atoms with Crippen LogP contribution >= 0.6 is 0 Å². The van der Waals surface area contributed by atoms with Crippen molar-refractivity contribution in [3.05, 3.63) is 0 Å². The van der Waals surface area contributed by atoms with Crippen molar-refractivity contribution in [2.75, 3.05) is 13.2 Å². The normalized spacial score (nSPS) is 12.6. The highest BCUT2D eigenvalue weighted by molar-refractivity contribution is 5.71. The van der Waals surface area contributed by atoms with Gasteiger partial charge in [-0.2, -0.15) is 0 Å². The third-order valence-electron chi connectivity index (χ3n) is 10.3. The van der Waals surface area contributed by atoms with E-state index >= 15 is 0 Å². The van der Waals surface area contributed by atoms with Crippen LogP contribution in [0.1, 0.15) is 240 Å². The van der Waals surface area contributed by atoms with Crippen molar-refractivity contribution in [3.63, 3.8) is 0 Å². The second-order valence-corrected chi connectivity index (χ2v) is 16.1. The maximum absolute atomic E-state index is 12.7. The molecule has 1 unspecified atom stereocenters. The molecule has 0 radical (unpaired) electrons. The SMILES string of the molecule is CCCCCCCCCCCCC(=O)OC[C@@H](COC(=O)CCCCCCCCCCC(C)CC)OC(=O)CCCCCCCCCCC(C)C. The third kappa shape index (κ3) is 38.0. The Balaban J connectivity index is 4.35. The van der Waals surface area contributed by atoms with Crippen molar-refractivity contribution in [1.29, 1.82) is 0 Å². The summed E-state index contributed by atoms with van der Waals surface area (Å²) in [7, 11) is 0. The first-order valence-corrected chi connectivity index (χ1v) is 22.3. The molecular formula is C45H86O6. The Hall–Kier alpha value is -1.59. The Morgan fingerprint density at radius 1 is 0.412 bits per heavy atom. The molecule has 0 rings (SSSR count). The lowest BCUT2D eigenvalue weighted by atomic mass is 9.99. The summed E-state index contributed by atoms with van der Waals surface area (Å²) < 4.78 is 16.7. The zero-order valence-corrected chi connectivity index (χ0v) is 34.7. The molecule has 6 heteroatoms. The zero-order chi connectivity index (χ0) is 37.6. The fraction of sp³-hybridized carbons (Fsp3) is 0.933. The van der Waals surface area contributed by atoms with Crippen molar-refractivity contribution < 1.29 is 28.6 Å². The first-order chi connectivity index (χ1) is 24.8. The molecular weight excluding hydrogens is 636 g/mol. The van der Waals surface area contributed by atoms with Crippen LogP contribution in [-0.2, 0) is 28.6 Å². The molecule has 0 amide bonds. The first kappa shape index (κ1) is 49.4. The number of carbonyl (C=O) groups excluding carboxylic acids is 3. The number of ether oxygens (including phenoxy) is 3. The van der Waals surface area contributed by atoms with Crippen molar-refractivity contribution in [3.8, 4) is 0 Å². The van der Waals surface area contributed by atoms with Gasteiger partial charge in [0.15, 0.2) is 6.10 Å². The lowest BCUT2D eigenvalue weighted by molar-refractivity contribution is -0.167. The van der Waals surface area contributed by atoms with E-state index in [0.717, 1.165) is 69.6 Å². The van der Waals surface area contributed by atoms with E-state index in [4.69, 9.17) is 14.2 Å². The molecule has 0 aromatic carbocycles. The van der Waals surface area contributed by atoms with Gasteiger partial charge in [0.2, 0.25) is 0 Å². The van der Waals surface area contributed by atoms with Crippen LogP contribution in [0.3, 0.4) is 0 Å². The monoisotopic (exact) mass is 723 g/mol. The highest BCUT2D eigenvalue weighted by Gasteiger charge is 2.19. The van der Waals surface area contributed by atoms with Crippen molar-refractivity contribution in [2.24, 2.45) is 11.8 Å². The summed E-state index contributed by atoms with van der Waals surface area (Å²) in [6.45, 7) is 11.3. The van der Waals surface area contributed by atoms with Gasteiger partial charge >= 0.3 is 17.9 Å². The minimum Gasteiger partial charge on any atom is -0.462 e. The predicted octanol–water partition coefficient (Wildman–Crippen LogP) is 13.8. The van der Waals surface area contributed by atoms with Crippen LogP contribution in [0.25, 0.3) is 0 Å². The summed E-state index contributed by atoms with van der Waals surface area (Å²) in [6.07, 6.45) is 35.1. The number of hydrogen-bond acceptors (Lipinski definition) is 6. The van der Waals surface area contributed by atoms with Crippen LogP contribution in [0.2, 0.25) is 0 Å². The van der Waals surface area contributed by atoms with Gasteiger partial charge in [-0.3, -0.25) is 14.4 Å². The molecule has 0 bridgehead atoms. The largest absolute Gasteiger partial charge is 0.462 e. The van der Waals surface area contributed by atoms with Gasteiger partial charge < -0.3 is 14.2 Å². The first-order valence-electron chi connectivity index (χ1n) is 22.3. The Morgan fingerprint density at radius 2 is 0.745 bits per heavy atom. The highest BCUT2D eigenvalue weighted by atomic mass is 16.6. The average molecular weight is 723 g/mol. The number of unbranched alkanes of at least 4 members (excludes halogenated alkanes) is 23. The minimum atomic E-state index is -0.760. The number of hydrogen-bond donors (Lipinski definition) is 0. The lowest BCUT2D eigenvalue weighted by Crippen LogP contribution is -2.30. The van der Waals surface area contributed by atoms with Gasteiger partial charge in [0.25, 0.3) is 0 Å². The molecule has 0 aliphatic carbocycles. The number of carbonyl (C=O) groups is 3. The van der Waals surface area contributed by atoms with Gasteiger partial charge in [-0.1, -0.05) is 202 Å². The van der Waals surface area contributed by atoms with E-state index in [9.17, 15) is 14.4 Å². The topological polar surface area (TPSA) is 78.9 Å². The van der Waals surface area contributed by atoms with Gasteiger partial charge in [-0.15, -0.1) is 0 Å². The summed E-state index contributed by atoms with van der Waals surface area (Å²) in [5, 5.41) is 0. The summed E-state index contributed by atoms with van der Waals surface area (Å²) in [4.78, 5) is 37.6. The molecule has 0 aliphatic rings. The van der Waals surface area contributed by atoms with E-state index in [0.29, 0.717) is 19.3 Å². The van der Waals surface area contributed by atoms with Crippen LogP contribution in [-0.4, -0.2) is 37.2 Å². The summed E-state index contributed by atoms with van der Waals surface area (Å²) in [6, 6.07) is 0. The smallest absolute Gasteiger partial charge is 0.306 e. The molecule has 0 spiro atoms. The van der Waals surface area contributed by atoms with E-state index in [2.05, 4.69) is 34.6 Å². The average Bonchev–Trinajstić information content (AvgIpc) is 3.11. The molecule has 0 N–H and O–H groups in total. The standard InChI is InChI=1S/C45H86O6/c1-6-8-9-10-11-12-13-20-25-30-35-43(46)49-38-42(51-45(48)37-32-27-22-16-14-18-23-28-33-40(3)4)39-50-44(47)36-31-26-21-17-15-19-24-29-34-41(5)7-2/h40-42H,6-39H2,1-5H3/t41?,42-/m0/s1. The van der Waals surface area contributed by atoms with E-state index < -0.39 is 6.10 Å². The van der Waals surface area contributed by atoms with Crippen LogP contribution in [0.5, 0.6) is 0 Å². The highest BCUT2D eigenvalue weighted by Crippen LogP contribution is 2.17. The Kier molecular flexibility index (Phi) is 37.0. The summed E-state index contributed by atoms with van der Waals surface area (Å²) in [5.41, 5.74) is 0. The van der Waals surface area contributed by atoms with E-state index in [1.54, 1.807) is 0 Å². The quantitative estimate of drug-likeness (QED) is 0.0357. The van der Waals surface area contributed by atoms with Crippen LogP contribution in [0.15, 0.2) is 0 Å². The maximum Gasteiger partial charge on any atom is 0.306 e. The zero-order valence-electron chi connectivity index (χ0n) is 34.7. The lowest BCUT2D eigenvalue weighted by Gasteiger charge is -2.18. The molecule has 0 fully saturated rings. The van der Waals surface area contributed by atoms with Gasteiger partial charge in [0.1, 0.15) is 13.2 Å². The van der Waals surface area contributed by atoms with Gasteiger partial charge in [-0.25, -0.2) is 0 Å². The van der Waals surface area contributed by atoms with E-state index in [-0.39, 0.29) is 31.1 Å². The molecule has 0 heterocycles. The Morgan fingerprint density at radius 3 is 1.12 bits per heavy atom. The summed E-state index contributed by atoms with van der Waals surface area (Å²) >= 11 is 0. The Labute approximate surface area is 317 Å². The predicted molar refractivity (Wildman–Crippen MR) is 215 cm³/mol. The van der Waals surface area contributed by atoms with Crippen LogP contribution < -0.4 is 0 Å². The molecule has 51 heavy (non-hydrogen) atoms. The molecule has 0 saturated carbocycles. The molecule has 0 saturated heterocycles. The second kappa shape index (κ2) is 38.1. The molecule has 0 aromatic heterocycles. The fourth-order valence-corrected chi connectivity index (χ4v) is 6.54. The minimum absolute atomic E-state index is 0.0657. The van der Waals surface area contributed by atoms with E-state index in [1.165, 1.54) is 128 Å². The van der Waals surface area contributed by atoms with Crippen molar-refractivity contribution >= 4 is 17.9 Å². The fourth-order valence-electron chi connectivity index (χ4n) is 6.54. The molecule has 0 aliphatic heterocycles. The molecule has 6 nitrogen and oxygen atoms in total. The Bertz CT molecular complexity index is 781. The van der Waals surface area contributed by atoms with Crippen molar-refractivity contribution in [1.82, 2.24) is 0 Å². The van der Waals surface area contributed by atoms with Gasteiger partial charge in [-0.05, 0) is 31.1 Å². The third-order valence-corrected chi connectivity index (χ3v) is 10.3. The maximum atomic E-state index is 12.7. The molecule has 2 atom stereocenters. The van der Waals surface area contributed by atoms with Gasteiger partial charge in [0, 0.05) is 19.3 Å². The van der Waals surface area contributed by atoms with Crippen molar-refractivity contribution in [2.45, 2.75) is 246 Å². The van der Waals surface area contributed by atoms with E-state index in [1.807, 2.05) is 0 Å².